The summed E-state index contributed by atoms with van der Waals surface area (Å²) < 4.78 is 34.8. The standard InChI is InChI=1S/C18H24F2N4O2S/c1-4-25-15-9-13(5-6-14(15)26-17(19)20)11-24-18(21-3)22-8-7-16-23-10-12(2)27-16/h5-6,9-10,17H,4,7-8,11H2,1-3H3,(H2,21,22,24). The Balaban J connectivity index is 1.88. The van der Waals surface area contributed by atoms with Gasteiger partial charge in [-0.2, -0.15) is 8.78 Å². The number of halogens is 2. The molecule has 0 aliphatic carbocycles. The lowest BCUT2D eigenvalue weighted by molar-refractivity contribution is -0.0514. The van der Waals surface area contributed by atoms with Gasteiger partial charge in [-0.3, -0.25) is 4.99 Å². The largest absolute Gasteiger partial charge is 0.490 e. The molecule has 0 saturated heterocycles. The van der Waals surface area contributed by atoms with Crippen LogP contribution in [0.3, 0.4) is 0 Å². The van der Waals surface area contributed by atoms with Gasteiger partial charge in [0, 0.05) is 37.6 Å². The van der Waals surface area contributed by atoms with E-state index in [-0.39, 0.29) is 5.75 Å². The number of aromatic nitrogens is 1. The van der Waals surface area contributed by atoms with E-state index >= 15 is 0 Å². The van der Waals surface area contributed by atoms with E-state index in [9.17, 15) is 8.78 Å². The Morgan fingerprint density at radius 1 is 1.30 bits per heavy atom. The summed E-state index contributed by atoms with van der Waals surface area (Å²) in [6.45, 7) is 2.45. The lowest BCUT2D eigenvalue weighted by atomic mass is 10.2. The molecule has 0 spiro atoms. The molecule has 0 bridgehead atoms. The second-order valence-corrected chi connectivity index (χ2v) is 6.88. The number of thiazole rings is 1. The number of ether oxygens (including phenoxy) is 2. The van der Waals surface area contributed by atoms with E-state index in [0.29, 0.717) is 31.4 Å². The molecule has 0 aliphatic heterocycles. The first-order valence-corrected chi connectivity index (χ1v) is 9.39. The summed E-state index contributed by atoms with van der Waals surface area (Å²) in [4.78, 5) is 9.70. The molecule has 0 amide bonds. The SMILES string of the molecule is CCOc1cc(CNC(=NC)NCCc2ncc(C)s2)ccc1OC(F)F. The van der Waals surface area contributed by atoms with E-state index in [1.165, 1.54) is 10.9 Å². The van der Waals surface area contributed by atoms with Crippen LogP contribution in [-0.2, 0) is 13.0 Å². The van der Waals surface area contributed by atoms with Crippen LogP contribution in [0.1, 0.15) is 22.4 Å². The summed E-state index contributed by atoms with van der Waals surface area (Å²) in [5, 5.41) is 7.48. The fourth-order valence-corrected chi connectivity index (χ4v) is 3.12. The van der Waals surface area contributed by atoms with Gasteiger partial charge in [0.25, 0.3) is 0 Å². The van der Waals surface area contributed by atoms with Crippen LogP contribution in [0.4, 0.5) is 8.78 Å². The summed E-state index contributed by atoms with van der Waals surface area (Å²) in [6, 6.07) is 4.87. The van der Waals surface area contributed by atoms with Crippen LogP contribution in [-0.4, -0.2) is 37.8 Å². The van der Waals surface area contributed by atoms with Gasteiger partial charge in [0.1, 0.15) is 0 Å². The summed E-state index contributed by atoms with van der Waals surface area (Å²) in [5.74, 6) is 0.963. The van der Waals surface area contributed by atoms with Crippen LogP contribution in [0.25, 0.3) is 0 Å². The molecule has 0 aliphatic rings. The molecule has 0 unspecified atom stereocenters. The van der Waals surface area contributed by atoms with Gasteiger partial charge in [0.2, 0.25) is 0 Å². The van der Waals surface area contributed by atoms with Gasteiger partial charge in [0.15, 0.2) is 17.5 Å². The van der Waals surface area contributed by atoms with Gasteiger partial charge in [-0.05, 0) is 31.5 Å². The highest BCUT2D eigenvalue weighted by Crippen LogP contribution is 2.29. The van der Waals surface area contributed by atoms with Crippen LogP contribution >= 0.6 is 11.3 Å². The van der Waals surface area contributed by atoms with Gasteiger partial charge < -0.3 is 20.1 Å². The average molecular weight is 398 g/mol. The number of aliphatic imine (C=N–C) groups is 1. The number of hydrogen-bond donors (Lipinski definition) is 2. The first-order chi connectivity index (χ1) is 13.0. The van der Waals surface area contributed by atoms with Crippen LogP contribution < -0.4 is 20.1 Å². The normalized spacial score (nSPS) is 11.6. The van der Waals surface area contributed by atoms with Gasteiger partial charge in [0.05, 0.1) is 11.6 Å². The fraction of sp³-hybridized carbons (Fsp3) is 0.444. The highest BCUT2D eigenvalue weighted by molar-refractivity contribution is 7.11. The first kappa shape index (κ1) is 20.9. The Kier molecular flexibility index (Phi) is 8.25. The van der Waals surface area contributed by atoms with Crippen LogP contribution in [0, 0.1) is 6.92 Å². The molecule has 0 saturated carbocycles. The van der Waals surface area contributed by atoms with Crippen molar-refractivity contribution in [2.75, 3.05) is 20.2 Å². The molecule has 2 rings (SSSR count). The van der Waals surface area contributed by atoms with Crippen molar-refractivity contribution in [1.82, 2.24) is 15.6 Å². The third-order valence-corrected chi connectivity index (χ3v) is 4.48. The number of rotatable bonds is 9. The average Bonchev–Trinajstić information content (AvgIpc) is 3.05. The first-order valence-electron chi connectivity index (χ1n) is 8.58. The molecule has 0 fully saturated rings. The van der Waals surface area contributed by atoms with Gasteiger partial charge in [-0.15, -0.1) is 11.3 Å². The molecule has 27 heavy (non-hydrogen) atoms. The van der Waals surface area contributed by atoms with Crippen molar-refractivity contribution in [2.24, 2.45) is 4.99 Å². The Hall–Kier alpha value is -2.42. The molecule has 2 N–H and O–H groups in total. The number of guanidine groups is 1. The predicted octanol–water partition coefficient (Wildman–Crippen LogP) is 3.36. The van der Waals surface area contributed by atoms with E-state index in [1.54, 1.807) is 37.4 Å². The highest BCUT2D eigenvalue weighted by Gasteiger charge is 2.12. The molecule has 148 valence electrons. The number of nitrogens with zero attached hydrogens (tertiary/aromatic N) is 2. The predicted molar refractivity (Wildman–Crippen MR) is 103 cm³/mol. The van der Waals surface area contributed by atoms with Crippen molar-refractivity contribution in [3.05, 3.63) is 39.8 Å². The van der Waals surface area contributed by atoms with Crippen molar-refractivity contribution in [3.63, 3.8) is 0 Å². The number of hydrogen-bond acceptors (Lipinski definition) is 5. The van der Waals surface area contributed by atoms with E-state index < -0.39 is 6.61 Å². The molecule has 1 heterocycles. The lowest BCUT2D eigenvalue weighted by Gasteiger charge is -2.14. The van der Waals surface area contributed by atoms with Crippen LogP contribution in [0.15, 0.2) is 29.4 Å². The maximum atomic E-state index is 12.5. The maximum absolute atomic E-state index is 12.5. The fourth-order valence-electron chi connectivity index (χ4n) is 2.34. The van der Waals surface area contributed by atoms with Gasteiger partial charge >= 0.3 is 6.61 Å². The van der Waals surface area contributed by atoms with Gasteiger partial charge in [-0.1, -0.05) is 6.07 Å². The molecule has 1 aromatic heterocycles. The molecule has 1 aromatic carbocycles. The van der Waals surface area contributed by atoms with Crippen LogP contribution in [0.2, 0.25) is 0 Å². The second-order valence-electron chi connectivity index (χ2n) is 5.56. The van der Waals surface area contributed by atoms with Gasteiger partial charge in [-0.25, -0.2) is 4.98 Å². The zero-order valence-corrected chi connectivity index (χ0v) is 16.4. The monoisotopic (exact) mass is 398 g/mol. The molecule has 2 aromatic rings. The summed E-state index contributed by atoms with van der Waals surface area (Å²) in [5.41, 5.74) is 0.860. The summed E-state index contributed by atoms with van der Waals surface area (Å²) in [7, 11) is 1.69. The third kappa shape index (κ3) is 7.01. The van der Waals surface area contributed by atoms with E-state index in [2.05, 4.69) is 25.3 Å². The lowest BCUT2D eigenvalue weighted by Crippen LogP contribution is -2.37. The molecule has 0 atom stereocenters. The Morgan fingerprint density at radius 3 is 2.74 bits per heavy atom. The third-order valence-electron chi connectivity index (χ3n) is 3.51. The number of aryl methyl sites for hydroxylation is 1. The van der Waals surface area contributed by atoms with Crippen molar-refractivity contribution in [1.29, 1.82) is 0 Å². The van der Waals surface area contributed by atoms with E-state index in [1.807, 2.05) is 13.1 Å². The van der Waals surface area contributed by atoms with Crippen molar-refractivity contribution in [2.45, 2.75) is 33.4 Å². The molecule has 9 heteroatoms. The van der Waals surface area contributed by atoms with Crippen molar-refractivity contribution in [3.8, 4) is 11.5 Å². The number of benzene rings is 1. The highest BCUT2D eigenvalue weighted by atomic mass is 32.1. The topological polar surface area (TPSA) is 67.8 Å². The zero-order valence-electron chi connectivity index (χ0n) is 15.6. The Morgan fingerprint density at radius 2 is 2.11 bits per heavy atom. The number of nitrogens with one attached hydrogen (secondary N) is 2. The van der Waals surface area contributed by atoms with Crippen molar-refractivity contribution < 1.29 is 18.3 Å². The smallest absolute Gasteiger partial charge is 0.387 e. The van der Waals surface area contributed by atoms with Crippen LogP contribution in [0.5, 0.6) is 11.5 Å². The minimum Gasteiger partial charge on any atom is -0.490 e. The Bertz CT molecular complexity index is 753. The molecular weight excluding hydrogens is 374 g/mol. The molecule has 0 radical (unpaired) electrons. The second kappa shape index (κ2) is 10.7. The minimum atomic E-state index is -2.89. The van der Waals surface area contributed by atoms with E-state index in [4.69, 9.17) is 4.74 Å². The van der Waals surface area contributed by atoms with E-state index in [0.717, 1.165) is 17.0 Å². The summed E-state index contributed by atoms with van der Waals surface area (Å²) in [6.07, 6.45) is 2.68. The Labute approximate surface area is 161 Å². The zero-order chi connectivity index (χ0) is 19.6. The minimum absolute atomic E-state index is 0.0249. The quantitative estimate of drug-likeness (QED) is 0.501. The molecular formula is C18H24F2N4O2S. The molecule has 6 nitrogen and oxygen atoms in total. The number of alkyl halides is 2. The summed E-state index contributed by atoms with van der Waals surface area (Å²) >= 11 is 1.68. The van der Waals surface area contributed by atoms with Crippen molar-refractivity contribution >= 4 is 17.3 Å². The maximum Gasteiger partial charge on any atom is 0.387 e.